The summed E-state index contributed by atoms with van der Waals surface area (Å²) in [5, 5.41) is 4.18. The molecule has 2 heterocycles. The summed E-state index contributed by atoms with van der Waals surface area (Å²) < 4.78 is 27.4. The maximum absolute atomic E-state index is 11.7. The topological polar surface area (TPSA) is 59.6 Å². The first-order chi connectivity index (χ1) is 8.43. The summed E-state index contributed by atoms with van der Waals surface area (Å²) in [6.07, 6.45) is 3.42. The molecule has 6 nitrogen and oxygen atoms in total. The standard InChI is InChI=1S/C10H13BrN4O2S/c1-3-18(16,17)14-7-10(8-14,6-12-2)15-5-9(11)4-13-15/h4-5H,3,6-8H2,1H3. The van der Waals surface area contributed by atoms with E-state index in [2.05, 4.69) is 25.9 Å². The third-order valence-corrected chi connectivity index (χ3v) is 5.29. The number of sulfonamides is 1. The molecular formula is C10H13BrN4O2S. The number of hydrogen-bond donors (Lipinski definition) is 0. The van der Waals surface area contributed by atoms with Crippen molar-refractivity contribution in [1.82, 2.24) is 14.1 Å². The lowest BCUT2D eigenvalue weighted by molar-refractivity contribution is 0.0833. The fourth-order valence-corrected chi connectivity index (χ4v) is 3.54. The Morgan fingerprint density at radius 3 is 2.72 bits per heavy atom. The molecule has 2 rings (SSSR count). The van der Waals surface area contributed by atoms with Crippen LogP contribution in [0, 0.1) is 6.57 Å². The number of rotatable bonds is 4. The van der Waals surface area contributed by atoms with Gasteiger partial charge in [0.25, 0.3) is 0 Å². The van der Waals surface area contributed by atoms with Crippen LogP contribution in [-0.2, 0) is 15.6 Å². The normalized spacial score (nSPS) is 19.2. The SMILES string of the molecule is [C-]#[N+]CC1(n2cc(Br)cn2)CN(S(=O)(=O)CC)C1. The molecule has 0 bridgehead atoms. The number of aromatic nitrogens is 2. The van der Waals surface area contributed by atoms with Gasteiger partial charge in [0.15, 0.2) is 5.54 Å². The minimum absolute atomic E-state index is 0.0872. The summed E-state index contributed by atoms with van der Waals surface area (Å²) >= 11 is 3.30. The zero-order valence-electron chi connectivity index (χ0n) is 9.87. The first kappa shape index (κ1) is 13.5. The summed E-state index contributed by atoms with van der Waals surface area (Å²) in [7, 11) is -3.17. The molecule has 0 saturated carbocycles. The van der Waals surface area contributed by atoms with E-state index in [1.165, 1.54) is 4.31 Å². The maximum Gasteiger partial charge on any atom is 0.242 e. The van der Waals surface area contributed by atoms with Crippen molar-refractivity contribution in [2.24, 2.45) is 0 Å². The van der Waals surface area contributed by atoms with Gasteiger partial charge in [0, 0.05) is 19.3 Å². The van der Waals surface area contributed by atoms with Gasteiger partial charge in [-0.25, -0.2) is 15.0 Å². The lowest BCUT2D eigenvalue weighted by Crippen LogP contribution is -2.65. The summed E-state index contributed by atoms with van der Waals surface area (Å²) in [6, 6.07) is 0. The zero-order chi connectivity index (χ0) is 13.4. The van der Waals surface area contributed by atoms with Gasteiger partial charge in [0.05, 0.1) is 16.4 Å². The molecule has 18 heavy (non-hydrogen) atoms. The minimum atomic E-state index is -3.17. The van der Waals surface area contributed by atoms with Crippen molar-refractivity contribution in [3.05, 3.63) is 28.3 Å². The highest BCUT2D eigenvalue weighted by Gasteiger charge is 2.52. The van der Waals surface area contributed by atoms with E-state index in [0.29, 0.717) is 13.1 Å². The Labute approximate surface area is 115 Å². The molecule has 0 aliphatic carbocycles. The number of halogens is 1. The Bertz CT molecular complexity index is 583. The van der Waals surface area contributed by atoms with Gasteiger partial charge in [-0.15, -0.1) is 0 Å². The van der Waals surface area contributed by atoms with Gasteiger partial charge in [0.2, 0.25) is 16.6 Å². The quantitative estimate of drug-likeness (QED) is 0.770. The second-order valence-corrected chi connectivity index (χ2v) is 7.49. The number of nitrogens with zero attached hydrogens (tertiary/aromatic N) is 4. The summed E-state index contributed by atoms with van der Waals surface area (Å²) in [4.78, 5) is 3.41. The second kappa shape index (κ2) is 4.64. The average Bonchev–Trinajstić information content (AvgIpc) is 2.69. The lowest BCUT2D eigenvalue weighted by atomic mass is 9.93. The van der Waals surface area contributed by atoms with Crippen molar-refractivity contribution in [2.75, 3.05) is 25.4 Å². The van der Waals surface area contributed by atoms with Crippen molar-refractivity contribution in [3.63, 3.8) is 0 Å². The van der Waals surface area contributed by atoms with Crippen LogP contribution in [0.4, 0.5) is 0 Å². The largest absolute Gasteiger partial charge is 0.314 e. The molecule has 1 aliphatic rings. The van der Waals surface area contributed by atoms with Gasteiger partial charge in [-0.1, -0.05) is 0 Å². The van der Waals surface area contributed by atoms with E-state index in [9.17, 15) is 8.42 Å². The van der Waals surface area contributed by atoms with E-state index >= 15 is 0 Å². The van der Waals surface area contributed by atoms with Crippen molar-refractivity contribution in [1.29, 1.82) is 0 Å². The highest BCUT2D eigenvalue weighted by atomic mass is 79.9. The van der Waals surface area contributed by atoms with E-state index < -0.39 is 15.6 Å². The van der Waals surface area contributed by atoms with E-state index in [1.54, 1.807) is 24.0 Å². The Hall–Kier alpha value is -0.910. The van der Waals surface area contributed by atoms with Crippen LogP contribution in [0.2, 0.25) is 0 Å². The molecule has 0 amide bonds. The van der Waals surface area contributed by atoms with Crippen LogP contribution in [0.5, 0.6) is 0 Å². The van der Waals surface area contributed by atoms with Gasteiger partial charge < -0.3 is 4.85 Å². The maximum atomic E-state index is 11.7. The second-order valence-electron chi connectivity index (χ2n) is 4.31. The van der Waals surface area contributed by atoms with Gasteiger partial charge in [-0.3, -0.25) is 4.68 Å². The van der Waals surface area contributed by atoms with Crippen LogP contribution in [-0.4, -0.2) is 47.9 Å². The van der Waals surface area contributed by atoms with Gasteiger partial charge >= 0.3 is 0 Å². The highest BCUT2D eigenvalue weighted by molar-refractivity contribution is 9.10. The Kier molecular flexibility index (Phi) is 3.49. The molecule has 1 aliphatic heterocycles. The fraction of sp³-hybridized carbons (Fsp3) is 0.600. The van der Waals surface area contributed by atoms with Gasteiger partial charge in [-0.2, -0.15) is 9.40 Å². The monoisotopic (exact) mass is 332 g/mol. The molecule has 1 aromatic heterocycles. The van der Waals surface area contributed by atoms with Crippen molar-refractivity contribution in [3.8, 4) is 0 Å². The Morgan fingerprint density at radius 1 is 1.61 bits per heavy atom. The smallest absolute Gasteiger partial charge is 0.242 e. The van der Waals surface area contributed by atoms with E-state index in [1.807, 2.05) is 0 Å². The molecule has 0 N–H and O–H groups in total. The van der Waals surface area contributed by atoms with E-state index in [-0.39, 0.29) is 12.3 Å². The molecule has 0 atom stereocenters. The molecule has 1 fully saturated rings. The molecule has 1 saturated heterocycles. The summed E-state index contributed by atoms with van der Waals surface area (Å²) in [5.74, 6) is 0.0872. The zero-order valence-corrected chi connectivity index (χ0v) is 12.3. The molecular weight excluding hydrogens is 320 g/mol. The van der Waals surface area contributed by atoms with Crippen molar-refractivity contribution < 1.29 is 8.42 Å². The van der Waals surface area contributed by atoms with Gasteiger partial charge in [-0.05, 0) is 22.9 Å². The first-order valence-electron chi connectivity index (χ1n) is 5.45. The Morgan fingerprint density at radius 2 is 2.28 bits per heavy atom. The number of hydrogen-bond acceptors (Lipinski definition) is 3. The fourth-order valence-electron chi connectivity index (χ4n) is 2.01. The van der Waals surface area contributed by atoms with Crippen LogP contribution in [0.3, 0.4) is 0 Å². The van der Waals surface area contributed by atoms with Crippen LogP contribution in [0.1, 0.15) is 6.92 Å². The third kappa shape index (κ3) is 2.18. The molecule has 0 unspecified atom stereocenters. The van der Waals surface area contributed by atoms with E-state index in [0.717, 1.165) is 4.47 Å². The molecule has 0 spiro atoms. The lowest BCUT2D eigenvalue weighted by Gasteiger charge is -2.45. The predicted molar refractivity (Wildman–Crippen MR) is 70.4 cm³/mol. The molecule has 1 aromatic rings. The predicted octanol–water partition coefficient (Wildman–Crippen LogP) is 0.925. The minimum Gasteiger partial charge on any atom is -0.314 e. The molecule has 0 aromatic carbocycles. The van der Waals surface area contributed by atoms with Gasteiger partial charge in [0.1, 0.15) is 0 Å². The molecule has 8 heteroatoms. The van der Waals surface area contributed by atoms with Crippen LogP contribution >= 0.6 is 15.9 Å². The van der Waals surface area contributed by atoms with Crippen LogP contribution < -0.4 is 0 Å². The third-order valence-electron chi connectivity index (χ3n) is 3.11. The van der Waals surface area contributed by atoms with Crippen molar-refractivity contribution in [2.45, 2.75) is 12.5 Å². The highest BCUT2D eigenvalue weighted by Crippen LogP contribution is 2.32. The summed E-state index contributed by atoms with van der Waals surface area (Å²) in [5.41, 5.74) is -0.518. The first-order valence-corrected chi connectivity index (χ1v) is 7.85. The van der Waals surface area contributed by atoms with Crippen molar-refractivity contribution >= 4 is 26.0 Å². The molecule has 98 valence electrons. The van der Waals surface area contributed by atoms with Crippen LogP contribution in [0.25, 0.3) is 4.85 Å². The van der Waals surface area contributed by atoms with Crippen LogP contribution in [0.15, 0.2) is 16.9 Å². The van der Waals surface area contributed by atoms with E-state index in [4.69, 9.17) is 6.57 Å². The summed E-state index contributed by atoms with van der Waals surface area (Å²) in [6.45, 7) is 9.51. The Balaban J connectivity index is 2.23. The average molecular weight is 333 g/mol. The molecule has 0 radical (unpaired) electrons.